The fourth-order valence-corrected chi connectivity index (χ4v) is 5.31. The summed E-state index contributed by atoms with van der Waals surface area (Å²) in [5.74, 6) is 3.11. The summed E-state index contributed by atoms with van der Waals surface area (Å²) < 4.78 is 5.07. The molecule has 0 amide bonds. The van der Waals surface area contributed by atoms with Crippen molar-refractivity contribution in [2.45, 2.75) is 43.4 Å². The summed E-state index contributed by atoms with van der Waals surface area (Å²) in [5, 5.41) is 3.48. The summed E-state index contributed by atoms with van der Waals surface area (Å²) in [6, 6.07) is 0.335. The molecule has 0 radical (unpaired) electrons. The van der Waals surface area contributed by atoms with Crippen molar-refractivity contribution >= 4 is 29.6 Å². The van der Waals surface area contributed by atoms with Gasteiger partial charge in [-0.3, -0.25) is 4.79 Å². The summed E-state index contributed by atoms with van der Waals surface area (Å²) in [7, 11) is 5.31. The van der Waals surface area contributed by atoms with Crippen LogP contribution in [0.4, 0.5) is 11.9 Å². The number of carbonyl (C=O) groups is 1. The van der Waals surface area contributed by atoms with Crippen molar-refractivity contribution in [1.82, 2.24) is 15.0 Å². The highest BCUT2D eigenvalue weighted by Gasteiger charge is 2.50. The maximum absolute atomic E-state index is 11.7. The molecule has 1 unspecified atom stereocenters. The van der Waals surface area contributed by atoms with Gasteiger partial charge in [0.15, 0.2) is 0 Å². The van der Waals surface area contributed by atoms with Gasteiger partial charge in [-0.15, -0.1) is 0 Å². The standard InChI is InChI=1S/C16H25N5O2S/c1-10-17-14(20-15(18-10)21(2)3)19-12-5-6-24-16(9-12)7-11(8-16)13(22)23-4/h11-12H,5-9H2,1-4H3,(H,17,18,19,20). The number of ether oxygens (including phenoxy) is 1. The Morgan fingerprint density at radius 1 is 1.29 bits per heavy atom. The van der Waals surface area contributed by atoms with E-state index in [1.165, 1.54) is 7.11 Å². The van der Waals surface area contributed by atoms with Crippen LogP contribution in [0.5, 0.6) is 0 Å². The van der Waals surface area contributed by atoms with E-state index in [2.05, 4.69) is 20.3 Å². The average molecular weight is 351 g/mol. The van der Waals surface area contributed by atoms with E-state index in [1.807, 2.05) is 37.7 Å². The zero-order chi connectivity index (χ0) is 17.3. The van der Waals surface area contributed by atoms with Crippen LogP contribution in [0.15, 0.2) is 0 Å². The summed E-state index contributed by atoms with van der Waals surface area (Å²) in [6.45, 7) is 1.88. The van der Waals surface area contributed by atoms with E-state index in [0.717, 1.165) is 31.4 Å². The maximum Gasteiger partial charge on any atom is 0.308 e. The van der Waals surface area contributed by atoms with Crippen molar-refractivity contribution < 1.29 is 9.53 Å². The monoisotopic (exact) mass is 351 g/mol. The Morgan fingerprint density at radius 2 is 2.04 bits per heavy atom. The fourth-order valence-electron chi connectivity index (χ4n) is 3.52. The van der Waals surface area contributed by atoms with E-state index in [-0.39, 0.29) is 16.6 Å². The smallest absolute Gasteiger partial charge is 0.308 e. The Bertz CT molecular complexity index is 618. The predicted octanol–water partition coefficient (Wildman–Crippen LogP) is 1.88. The number of aryl methyl sites for hydroxylation is 1. The molecule has 0 bridgehead atoms. The molecule has 7 nitrogen and oxygen atoms in total. The number of nitrogens with one attached hydrogen (secondary N) is 1. The normalized spacial score (nSPS) is 29.0. The number of nitrogens with zero attached hydrogens (tertiary/aromatic N) is 4. The van der Waals surface area contributed by atoms with Crippen LogP contribution in [0.2, 0.25) is 0 Å². The number of anilines is 2. The molecular weight excluding hydrogens is 326 g/mol. The van der Waals surface area contributed by atoms with Crippen LogP contribution in [0.25, 0.3) is 0 Å². The highest BCUT2D eigenvalue weighted by Crippen LogP contribution is 2.54. The first kappa shape index (κ1) is 17.3. The molecule has 1 aliphatic carbocycles. The number of rotatable bonds is 4. The van der Waals surface area contributed by atoms with Crippen LogP contribution < -0.4 is 10.2 Å². The predicted molar refractivity (Wildman–Crippen MR) is 95.5 cm³/mol. The van der Waals surface area contributed by atoms with Crippen molar-refractivity contribution in [3.05, 3.63) is 5.82 Å². The van der Waals surface area contributed by atoms with Gasteiger partial charge in [0.05, 0.1) is 13.0 Å². The molecule has 132 valence electrons. The molecule has 24 heavy (non-hydrogen) atoms. The number of thioether (sulfide) groups is 1. The molecular formula is C16H25N5O2S. The lowest BCUT2D eigenvalue weighted by molar-refractivity contribution is -0.149. The Morgan fingerprint density at radius 3 is 2.71 bits per heavy atom. The van der Waals surface area contributed by atoms with E-state index in [0.29, 0.717) is 23.8 Å². The van der Waals surface area contributed by atoms with Gasteiger partial charge in [-0.25, -0.2) is 0 Å². The Labute approximate surface area is 147 Å². The lowest BCUT2D eigenvalue weighted by Crippen LogP contribution is -2.50. The van der Waals surface area contributed by atoms with Gasteiger partial charge >= 0.3 is 5.97 Å². The van der Waals surface area contributed by atoms with Gasteiger partial charge in [-0.05, 0) is 38.4 Å². The minimum absolute atomic E-state index is 0.0694. The number of aromatic nitrogens is 3. The second-order valence-corrected chi connectivity index (χ2v) is 8.46. The summed E-state index contributed by atoms with van der Waals surface area (Å²) in [4.78, 5) is 26.8. The maximum atomic E-state index is 11.7. The number of methoxy groups -OCH3 is 1. The Balaban J connectivity index is 1.63. The minimum atomic E-state index is -0.0694. The molecule has 1 atom stereocenters. The van der Waals surface area contributed by atoms with Crippen molar-refractivity contribution in [3.63, 3.8) is 0 Å². The molecule has 0 aromatic carbocycles. The molecule has 1 aromatic heterocycles. The Hall–Kier alpha value is -1.57. The van der Waals surface area contributed by atoms with Crippen molar-refractivity contribution in [1.29, 1.82) is 0 Å². The molecule has 1 saturated carbocycles. The van der Waals surface area contributed by atoms with Gasteiger partial charge in [0.2, 0.25) is 11.9 Å². The molecule has 1 aliphatic heterocycles. The van der Waals surface area contributed by atoms with Crippen molar-refractivity contribution in [2.24, 2.45) is 5.92 Å². The molecule has 1 N–H and O–H groups in total. The van der Waals surface area contributed by atoms with Crippen LogP contribution in [0.1, 0.15) is 31.5 Å². The number of hydrogen-bond donors (Lipinski definition) is 1. The molecule has 2 heterocycles. The largest absolute Gasteiger partial charge is 0.469 e. The van der Waals surface area contributed by atoms with E-state index in [1.54, 1.807) is 0 Å². The van der Waals surface area contributed by atoms with E-state index < -0.39 is 0 Å². The van der Waals surface area contributed by atoms with Crippen LogP contribution in [-0.2, 0) is 9.53 Å². The summed E-state index contributed by atoms with van der Waals surface area (Å²) in [5.41, 5.74) is 0. The molecule has 8 heteroatoms. The summed E-state index contributed by atoms with van der Waals surface area (Å²) >= 11 is 2.00. The highest BCUT2D eigenvalue weighted by atomic mass is 32.2. The van der Waals surface area contributed by atoms with Gasteiger partial charge in [-0.1, -0.05) is 0 Å². The van der Waals surface area contributed by atoms with Gasteiger partial charge in [0, 0.05) is 24.9 Å². The van der Waals surface area contributed by atoms with Crippen LogP contribution in [0, 0.1) is 12.8 Å². The molecule has 1 aromatic rings. The van der Waals surface area contributed by atoms with Crippen LogP contribution >= 0.6 is 11.8 Å². The van der Waals surface area contributed by atoms with Gasteiger partial charge in [0.25, 0.3) is 0 Å². The first-order valence-corrected chi connectivity index (χ1v) is 9.28. The SMILES string of the molecule is COC(=O)C1CC2(CC(Nc3nc(C)nc(N(C)C)n3)CCS2)C1. The molecule has 2 aliphatic rings. The van der Waals surface area contributed by atoms with Gasteiger partial charge in [-0.2, -0.15) is 26.7 Å². The Kier molecular flexibility index (Phi) is 4.85. The second kappa shape index (κ2) is 6.74. The van der Waals surface area contributed by atoms with Crippen molar-refractivity contribution in [3.8, 4) is 0 Å². The fraction of sp³-hybridized carbons (Fsp3) is 0.750. The number of esters is 1. The van der Waals surface area contributed by atoms with E-state index in [4.69, 9.17) is 4.74 Å². The lowest BCUT2D eigenvalue weighted by atomic mass is 9.70. The van der Waals surface area contributed by atoms with E-state index in [9.17, 15) is 4.79 Å². The molecule has 1 spiro atoms. The quantitative estimate of drug-likeness (QED) is 0.824. The molecule has 2 fully saturated rings. The van der Waals surface area contributed by atoms with Crippen LogP contribution in [-0.4, -0.2) is 58.7 Å². The third-order valence-electron chi connectivity index (χ3n) is 4.73. The number of hydrogen-bond acceptors (Lipinski definition) is 8. The van der Waals surface area contributed by atoms with E-state index >= 15 is 0 Å². The van der Waals surface area contributed by atoms with Crippen LogP contribution in [0.3, 0.4) is 0 Å². The third-order valence-corrected chi connectivity index (χ3v) is 6.29. The highest BCUT2D eigenvalue weighted by molar-refractivity contribution is 8.00. The van der Waals surface area contributed by atoms with Gasteiger partial charge < -0.3 is 15.0 Å². The second-order valence-electron chi connectivity index (χ2n) is 6.89. The average Bonchev–Trinajstić information content (AvgIpc) is 2.51. The summed E-state index contributed by atoms with van der Waals surface area (Å²) in [6.07, 6.45) is 3.95. The first-order valence-electron chi connectivity index (χ1n) is 8.29. The zero-order valence-electron chi connectivity index (χ0n) is 14.7. The number of carbonyl (C=O) groups excluding carboxylic acids is 1. The topological polar surface area (TPSA) is 80.2 Å². The third kappa shape index (κ3) is 3.58. The zero-order valence-corrected chi connectivity index (χ0v) is 15.5. The van der Waals surface area contributed by atoms with Gasteiger partial charge in [0.1, 0.15) is 5.82 Å². The van der Waals surface area contributed by atoms with Crippen molar-refractivity contribution in [2.75, 3.05) is 37.2 Å². The minimum Gasteiger partial charge on any atom is -0.469 e. The molecule has 3 rings (SSSR count). The lowest BCUT2D eigenvalue weighted by Gasteiger charge is -2.50. The first-order chi connectivity index (χ1) is 11.4. The molecule has 1 saturated heterocycles.